The van der Waals surface area contributed by atoms with Crippen molar-refractivity contribution in [2.45, 2.75) is 26.3 Å². The van der Waals surface area contributed by atoms with Crippen LogP contribution in [0.25, 0.3) is 0 Å². The number of halogens is 1. The number of nitrogens with one attached hydrogen (secondary N) is 1. The molecule has 0 atom stereocenters. The molecule has 3 nitrogen and oxygen atoms in total. The van der Waals surface area contributed by atoms with E-state index in [1.165, 1.54) is 6.07 Å². The summed E-state index contributed by atoms with van der Waals surface area (Å²) in [4.78, 5) is 22.8. The molecular weight excluding hydrogens is 234 g/mol. The lowest BCUT2D eigenvalue weighted by atomic mass is 10.1. The first-order valence-corrected chi connectivity index (χ1v) is 5.60. The standard InChI is InChI=1S/C10H12ClNO2S/c1-10(2,3)12-9(14)8-6(5-13)4-7(11)15-8/h4-5H,1-3H3,(H,12,14). The Hall–Kier alpha value is -0.870. The molecule has 82 valence electrons. The summed E-state index contributed by atoms with van der Waals surface area (Å²) in [6, 6.07) is 1.50. The highest BCUT2D eigenvalue weighted by Crippen LogP contribution is 2.26. The van der Waals surface area contributed by atoms with Crippen LogP contribution in [0.2, 0.25) is 4.34 Å². The van der Waals surface area contributed by atoms with Gasteiger partial charge in [-0.3, -0.25) is 9.59 Å². The van der Waals surface area contributed by atoms with Crippen LogP contribution < -0.4 is 5.32 Å². The molecule has 0 saturated heterocycles. The smallest absolute Gasteiger partial charge is 0.262 e. The van der Waals surface area contributed by atoms with Gasteiger partial charge in [-0.1, -0.05) is 11.6 Å². The topological polar surface area (TPSA) is 46.2 Å². The maximum Gasteiger partial charge on any atom is 0.262 e. The summed E-state index contributed by atoms with van der Waals surface area (Å²) in [5, 5.41) is 2.78. The molecule has 1 N–H and O–H groups in total. The van der Waals surface area contributed by atoms with Crippen LogP contribution in [-0.2, 0) is 0 Å². The van der Waals surface area contributed by atoms with Gasteiger partial charge >= 0.3 is 0 Å². The third kappa shape index (κ3) is 3.32. The lowest BCUT2D eigenvalue weighted by molar-refractivity contribution is 0.0919. The van der Waals surface area contributed by atoms with Gasteiger partial charge in [0.15, 0.2) is 6.29 Å². The molecule has 0 unspecified atom stereocenters. The third-order valence-corrected chi connectivity index (χ3v) is 2.83. The lowest BCUT2D eigenvalue weighted by Crippen LogP contribution is -2.40. The van der Waals surface area contributed by atoms with Crippen molar-refractivity contribution in [2.75, 3.05) is 0 Å². The van der Waals surface area contributed by atoms with Gasteiger partial charge in [0.2, 0.25) is 0 Å². The molecule has 1 heterocycles. The lowest BCUT2D eigenvalue weighted by Gasteiger charge is -2.19. The summed E-state index contributed by atoms with van der Waals surface area (Å²) in [5.41, 5.74) is 0.0139. The van der Waals surface area contributed by atoms with E-state index in [0.717, 1.165) is 11.3 Å². The van der Waals surface area contributed by atoms with Crippen LogP contribution in [0, 0.1) is 0 Å². The summed E-state index contributed by atoms with van der Waals surface area (Å²) in [7, 11) is 0. The van der Waals surface area contributed by atoms with Gasteiger partial charge in [0.1, 0.15) is 4.88 Å². The molecule has 0 aliphatic rings. The first-order chi connectivity index (χ1) is 6.83. The Kier molecular flexibility index (Phi) is 3.52. The van der Waals surface area contributed by atoms with Gasteiger partial charge in [-0.15, -0.1) is 11.3 Å². The number of carbonyl (C=O) groups excluding carboxylic acids is 2. The van der Waals surface area contributed by atoms with E-state index in [1.807, 2.05) is 20.8 Å². The fourth-order valence-corrected chi connectivity index (χ4v) is 2.13. The number of rotatable bonds is 2. The van der Waals surface area contributed by atoms with Crippen LogP contribution in [0.5, 0.6) is 0 Å². The van der Waals surface area contributed by atoms with Gasteiger partial charge in [0, 0.05) is 11.1 Å². The van der Waals surface area contributed by atoms with E-state index >= 15 is 0 Å². The fraction of sp³-hybridized carbons (Fsp3) is 0.400. The molecule has 0 aromatic carbocycles. The number of carbonyl (C=O) groups is 2. The molecule has 1 rings (SSSR count). The number of hydrogen-bond acceptors (Lipinski definition) is 3. The minimum absolute atomic E-state index is 0.262. The Balaban J connectivity index is 2.95. The zero-order valence-electron chi connectivity index (χ0n) is 8.76. The quantitative estimate of drug-likeness (QED) is 0.815. The highest BCUT2D eigenvalue weighted by Gasteiger charge is 2.20. The van der Waals surface area contributed by atoms with Gasteiger partial charge in [0.05, 0.1) is 4.34 Å². The molecule has 1 aromatic rings. The van der Waals surface area contributed by atoms with E-state index in [1.54, 1.807) is 0 Å². The summed E-state index contributed by atoms with van der Waals surface area (Å²) in [6.45, 7) is 5.63. The van der Waals surface area contributed by atoms with Gasteiger partial charge in [-0.25, -0.2) is 0 Å². The molecular formula is C10H12ClNO2S. The molecule has 0 fully saturated rings. The van der Waals surface area contributed by atoms with Crippen molar-refractivity contribution < 1.29 is 9.59 Å². The van der Waals surface area contributed by atoms with Gasteiger partial charge in [-0.05, 0) is 26.8 Å². The molecule has 0 saturated carbocycles. The van der Waals surface area contributed by atoms with E-state index in [9.17, 15) is 9.59 Å². The second-order valence-electron chi connectivity index (χ2n) is 4.16. The molecule has 0 radical (unpaired) electrons. The first kappa shape index (κ1) is 12.2. The van der Waals surface area contributed by atoms with Crippen LogP contribution >= 0.6 is 22.9 Å². The summed E-state index contributed by atoms with van der Waals surface area (Å²) < 4.78 is 0.441. The van der Waals surface area contributed by atoms with E-state index in [2.05, 4.69) is 5.32 Å². The van der Waals surface area contributed by atoms with Crippen LogP contribution in [0.1, 0.15) is 40.8 Å². The Morgan fingerprint density at radius 3 is 2.60 bits per heavy atom. The molecule has 0 aliphatic carbocycles. The summed E-state index contributed by atoms with van der Waals surface area (Å²) in [6.07, 6.45) is 0.639. The normalized spacial score (nSPS) is 11.2. The summed E-state index contributed by atoms with van der Waals surface area (Å²) >= 11 is 6.85. The van der Waals surface area contributed by atoms with Crippen molar-refractivity contribution >= 4 is 35.1 Å². The minimum Gasteiger partial charge on any atom is -0.347 e. The van der Waals surface area contributed by atoms with Crippen LogP contribution in [0.3, 0.4) is 0 Å². The van der Waals surface area contributed by atoms with E-state index in [4.69, 9.17) is 11.6 Å². The van der Waals surface area contributed by atoms with Crippen LogP contribution in [0.4, 0.5) is 0 Å². The highest BCUT2D eigenvalue weighted by molar-refractivity contribution is 7.18. The fourth-order valence-electron chi connectivity index (χ4n) is 1.04. The molecule has 0 aliphatic heterocycles. The van der Waals surface area contributed by atoms with Crippen molar-refractivity contribution in [1.82, 2.24) is 5.32 Å². The molecule has 15 heavy (non-hydrogen) atoms. The minimum atomic E-state index is -0.326. The Labute approximate surface area is 97.4 Å². The zero-order valence-corrected chi connectivity index (χ0v) is 10.3. The molecule has 5 heteroatoms. The largest absolute Gasteiger partial charge is 0.347 e. The van der Waals surface area contributed by atoms with Crippen molar-refractivity contribution in [2.24, 2.45) is 0 Å². The molecule has 1 amide bonds. The first-order valence-electron chi connectivity index (χ1n) is 4.40. The van der Waals surface area contributed by atoms with Crippen LogP contribution in [-0.4, -0.2) is 17.7 Å². The van der Waals surface area contributed by atoms with Crippen molar-refractivity contribution in [1.29, 1.82) is 0 Å². The van der Waals surface area contributed by atoms with Gasteiger partial charge in [-0.2, -0.15) is 0 Å². The van der Waals surface area contributed by atoms with Crippen molar-refractivity contribution in [3.05, 3.63) is 20.8 Å². The Morgan fingerprint density at radius 1 is 1.53 bits per heavy atom. The summed E-state index contributed by atoms with van der Waals surface area (Å²) in [5.74, 6) is -0.262. The number of amides is 1. The van der Waals surface area contributed by atoms with Gasteiger partial charge < -0.3 is 5.32 Å². The van der Waals surface area contributed by atoms with E-state index < -0.39 is 0 Å². The maximum absolute atomic E-state index is 11.7. The van der Waals surface area contributed by atoms with Crippen LogP contribution in [0.15, 0.2) is 6.07 Å². The van der Waals surface area contributed by atoms with E-state index in [-0.39, 0.29) is 11.4 Å². The average molecular weight is 246 g/mol. The highest BCUT2D eigenvalue weighted by atomic mass is 35.5. The predicted octanol–water partition coefficient (Wildman–Crippen LogP) is 2.74. The SMILES string of the molecule is CC(C)(C)NC(=O)c1sc(Cl)cc1C=O. The number of thiophene rings is 1. The molecule has 1 aromatic heterocycles. The number of hydrogen-bond donors (Lipinski definition) is 1. The zero-order chi connectivity index (χ0) is 11.6. The Morgan fingerprint density at radius 2 is 2.13 bits per heavy atom. The molecule has 0 bridgehead atoms. The average Bonchev–Trinajstić information content (AvgIpc) is 2.43. The van der Waals surface area contributed by atoms with Gasteiger partial charge in [0.25, 0.3) is 5.91 Å². The maximum atomic E-state index is 11.7. The van der Waals surface area contributed by atoms with Crippen molar-refractivity contribution in [3.63, 3.8) is 0 Å². The van der Waals surface area contributed by atoms with E-state index in [0.29, 0.717) is 21.1 Å². The monoisotopic (exact) mass is 245 g/mol. The second kappa shape index (κ2) is 4.33. The molecule has 0 spiro atoms. The second-order valence-corrected chi connectivity index (χ2v) is 5.84. The van der Waals surface area contributed by atoms with Crippen molar-refractivity contribution in [3.8, 4) is 0 Å². The Bertz CT molecular complexity index is 393. The number of aldehydes is 1. The predicted molar refractivity (Wildman–Crippen MR) is 61.9 cm³/mol. The third-order valence-electron chi connectivity index (χ3n) is 1.55.